The van der Waals surface area contributed by atoms with Crippen molar-refractivity contribution in [3.05, 3.63) is 33.9 Å². The second kappa shape index (κ2) is 5.45. The fourth-order valence-electron chi connectivity index (χ4n) is 1.70. The molecule has 1 rings (SSSR count). The van der Waals surface area contributed by atoms with Crippen LogP contribution in [0.4, 0.5) is 5.69 Å². The lowest BCUT2D eigenvalue weighted by molar-refractivity contribution is -0.385. The van der Waals surface area contributed by atoms with Gasteiger partial charge in [0.1, 0.15) is 5.78 Å². The Labute approximate surface area is 110 Å². The minimum Gasteiger partial charge on any atom is -0.299 e. The van der Waals surface area contributed by atoms with Crippen LogP contribution in [-0.2, 0) is 14.8 Å². The van der Waals surface area contributed by atoms with Gasteiger partial charge in [0.25, 0.3) is 5.69 Å². The molecule has 0 saturated carbocycles. The maximum Gasteiger partial charge on any atom is 0.274 e. The third-order valence-electron chi connectivity index (χ3n) is 2.83. The van der Waals surface area contributed by atoms with Gasteiger partial charge in [0.2, 0.25) is 10.0 Å². The zero-order valence-electron chi connectivity index (χ0n) is 10.5. The molecule has 8 heteroatoms. The summed E-state index contributed by atoms with van der Waals surface area (Å²) in [5, 5.41) is 15.9. The normalized spacial score (nSPS) is 13.0. The molecule has 7 nitrogen and oxygen atoms in total. The summed E-state index contributed by atoms with van der Waals surface area (Å²) in [5.74, 6) is -0.827. The van der Waals surface area contributed by atoms with E-state index in [1.54, 1.807) is 13.8 Å². The van der Waals surface area contributed by atoms with E-state index in [0.29, 0.717) is 0 Å². The Bertz CT molecular complexity index is 624. The Morgan fingerprint density at radius 1 is 1.47 bits per heavy atom. The summed E-state index contributed by atoms with van der Waals surface area (Å²) in [6.45, 7) is 3.20. The Kier molecular flexibility index (Phi) is 4.38. The van der Waals surface area contributed by atoms with Gasteiger partial charge in [0, 0.05) is 24.0 Å². The Balaban J connectivity index is 3.43. The molecule has 0 spiro atoms. The molecule has 104 valence electrons. The molecule has 1 aromatic rings. The van der Waals surface area contributed by atoms with E-state index in [1.165, 1.54) is 6.07 Å². The van der Waals surface area contributed by atoms with Crippen molar-refractivity contribution in [1.82, 2.24) is 0 Å². The zero-order chi connectivity index (χ0) is 14.8. The molecule has 1 atom stereocenters. The van der Waals surface area contributed by atoms with Gasteiger partial charge in [0.15, 0.2) is 0 Å². The van der Waals surface area contributed by atoms with Gasteiger partial charge in [-0.25, -0.2) is 13.6 Å². The van der Waals surface area contributed by atoms with Gasteiger partial charge in [-0.05, 0) is 6.07 Å². The molecule has 0 radical (unpaired) electrons. The van der Waals surface area contributed by atoms with Crippen molar-refractivity contribution in [1.29, 1.82) is 0 Å². The maximum atomic E-state index is 11.6. The van der Waals surface area contributed by atoms with Crippen molar-refractivity contribution in [3.8, 4) is 0 Å². The van der Waals surface area contributed by atoms with Crippen LogP contribution in [0.15, 0.2) is 23.1 Å². The molecule has 1 aromatic carbocycles. The molecule has 0 aromatic heterocycles. The van der Waals surface area contributed by atoms with Crippen LogP contribution in [0.3, 0.4) is 0 Å². The van der Waals surface area contributed by atoms with Crippen molar-refractivity contribution < 1.29 is 18.1 Å². The van der Waals surface area contributed by atoms with Gasteiger partial charge in [0.05, 0.1) is 9.82 Å². The van der Waals surface area contributed by atoms with Gasteiger partial charge in [-0.3, -0.25) is 14.9 Å². The van der Waals surface area contributed by atoms with Crippen LogP contribution in [-0.4, -0.2) is 19.1 Å². The molecule has 0 aliphatic carbocycles. The molecule has 0 saturated heterocycles. The predicted molar refractivity (Wildman–Crippen MR) is 68.2 cm³/mol. The molecule has 2 N–H and O–H groups in total. The molecular formula is C11H14N2O5S. The van der Waals surface area contributed by atoms with E-state index in [4.69, 9.17) is 5.14 Å². The fraction of sp³-hybridized carbons (Fsp3) is 0.364. The summed E-state index contributed by atoms with van der Waals surface area (Å²) in [6, 6.07) is 3.30. The topological polar surface area (TPSA) is 120 Å². The number of nitro benzene ring substituents is 1. The molecule has 0 fully saturated rings. The largest absolute Gasteiger partial charge is 0.299 e. The molecule has 19 heavy (non-hydrogen) atoms. The van der Waals surface area contributed by atoms with E-state index >= 15 is 0 Å². The number of carbonyl (C=O) groups is 1. The number of carbonyl (C=O) groups excluding carboxylic acids is 1. The molecule has 0 heterocycles. The lowest BCUT2D eigenvalue weighted by Gasteiger charge is -2.10. The molecule has 0 aliphatic heterocycles. The van der Waals surface area contributed by atoms with E-state index in [0.717, 1.165) is 12.1 Å². The number of hydrogen-bond donors (Lipinski definition) is 1. The summed E-state index contributed by atoms with van der Waals surface area (Å²) < 4.78 is 22.3. The minimum absolute atomic E-state index is 0.161. The van der Waals surface area contributed by atoms with Crippen LogP contribution < -0.4 is 5.14 Å². The highest BCUT2D eigenvalue weighted by Crippen LogP contribution is 2.29. The van der Waals surface area contributed by atoms with Crippen molar-refractivity contribution >= 4 is 21.5 Å². The third-order valence-corrected chi connectivity index (χ3v) is 3.74. The van der Waals surface area contributed by atoms with E-state index < -0.39 is 26.6 Å². The third kappa shape index (κ3) is 3.36. The first-order valence-corrected chi connectivity index (χ1v) is 7.07. The molecule has 0 amide bonds. The monoisotopic (exact) mass is 286 g/mol. The average molecular weight is 286 g/mol. The van der Waals surface area contributed by atoms with Crippen molar-refractivity contribution in [2.45, 2.75) is 31.1 Å². The smallest absolute Gasteiger partial charge is 0.274 e. The van der Waals surface area contributed by atoms with Crippen LogP contribution in [0.5, 0.6) is 0 Å². The second-order valence-corrected chi connectivity index (χ2v) is 5.63. The number of nitro groups is 1. The number of primary sulfonamides is 1. The molecule has 0 aliphatic rings. The number of nitrogens with two attached hydrogens (primary N) is 1. The van der Waals surface area contributed by atoms with Crippen LogP contribution in [0.1, 0.15) is 31.7 Å². The summed E-state index contributed by atoms with van der Waals surface area (Å²) in [6.07, 6.45) is 0.245. The fourth-order valence-corrected chi connectivity index (χ4v) is 2.24. The van der Waals surface area contributed by atoms with Crippen molar-refractivity contribution in [2.24, 2.45) is 5.14 Å². The van der Waals surface area contributed by atoms with Gasteiger partial charge in [-0.15, -0.1) is 0 Å². The van der Waals surface area contributed by atoms with Crippen molar-refractivity contribution in [3.63, 3.8) is 0 Å². The Hall–Kier alpha value is -1.80. The first-order chi connectivity index (χ1) is 8.68. The number of Topliss-reactive ketones (excluding diaryl/α,β-unsaturated/α-hetero) is 1. The van der Waals surface area contributed by atoms with Gasteiger partial charge < -0.3 is 0 Å². The van der Waals surface area contributed by atoms with E-state index in [-0.39, 0.29) is 22.7 Å². The predicted octanol–water partition coefficient (Wildman–Crippen LogP) is 1.32. The number of ketones is 1. The summed E-state index contributed by atoms with van der Waals surface area (Å²) in [4.78, 5) is 21.5. The SMILES string of the molecule is CCC(=O)C(C)c1ccc(S(N)(=O)=O)cc1[N+](=O)[O-]. The van der Waals surface area contributed by atoms with Crippen LogP contribution in [0, 0.1) is 10.1 Å². The summed E-state index contributed by atoms with van der Waals surface area (Å²) in [7, 11) is -4.02. The van der Waals surface area contributed by atoms with Gasteiger partial charge in [-0.1, -0.05) is 19.9 Å². The van der Waals surface area contributed by atoms with E-state index in [1.807, 2.05) is 0 Å². The van der Waals surface area contributed by atoms with E-state index in [9.17, 15) is 23.3 Å². The standard InChI is InChI=1S/C11H14N2O5S/c1-3-11(14)7(2)9-5-4-8(19(12,17)18)6-10(9)13(15)16/h4-7H,3H2,1-2H3,(H2,12,17,18). The van der Waals surface area contributed by atoms with Crippen LogP contribution in [0.25, 0.3) is 0 Å². The summed E-state index contributed by atoms with van der Waals surface area (Å²) in [5.41, 5.74) is -0.231. The van der Waals surface area contributed by atoms with Gasteiger partial charge >= 0.3 is 0 Å². The highest BCUT2D eigenvalue weighted by Gasteiger charge is 2.25. The first-order valence-electron chi connectivity index (χ1n) is 5.52. The maximum absolute atomic E-state index is 11.6. The molecule has 1 unspecified atom stereocenters. The zero-order valence-corrected chi connectivity index (χ0v) is 11.3. The minimum atomic E-state index is -4.02. The van der Waals surface area contributed by atoms with Crippen molar-refractivity contribution in [2.75, 3.05) is 0 Å². The lowest BCUT2D eigenvalue weighted by atomic mass is 9.94. The van der Waals surface area contributed by atoms with Gasteiger partial charge in [-0.2, -0.15) is 0 Å². The first kappa shape index (κ1) is 15.3. The highest BCUT2D eigenvalue weighted by molar-refractivity contribution is 7.89. The molecular weight excluding hydrogens is 272 g/mol. The number of hydrogen-bond acceptors (Lipinski definition) is 5. The number of benzene rings is 1. The van der Waals surface area contributed by atoms with Crippen LogP contribution in [0.2, 0.25) is 0 Å². The number of rotatable bonds is 5. The quantitative estimate of drug-likeness (QED) is 0.646. The molecule has 0 bridgehead atoms. The lowest BCUT2D eigenvalue weighted by Crippen LogP contribution is -2.14. The highest BCUT2D eigenvalue weighted by atomic mass is 32.2. The summed E-state index contributed by atoms with van der Waals surface area (Å²) >= 11 is 0. The number of sulfonamides is 1. The van der Waals surface area contributed by atoms with E-state index in [2.05, 4.69) is 0 Å². The average Bonchev–Trinajstić information content (AvgIpc) is 2.35. The Morgan fingerprint density at radius 2 is 2.05 bits per heavy atom. The Morgan fingerprint density at radius 3 is 2.47 bits per heavy atom. The number of nitrogens with zero attached hydrogens (tertiary/aromatic N) is 1. The second-order valence-electron chi connectivity index (χ2n) is 4.06. The van der Waals surface area contributed by atoms with Crippen LogP contribution >= 0.6 is 0 Å².